The van der Waals surface area contributed by atoms with E-state index in [9.17, 15) is 28.8 Å². The Morgan fingerprint density at radius 1 is 0.370 bits per heavy atom. The quantitative estimate of drug-likeness (QED) is 0.0260. The third-order valence-corrected chi connectivity index (χ3v) is 26.2. The second-order valence-electron chi connectivity index (χ2n) is 33.5. The maximum atomic E-state index is 13.9. The molecule has 6 aliphatic heterocycles. The van der Waals surface area contributed by atoms with Crippen molar-refractivity contribution >= 4 is 103 Å². The Hall–Kier alpha value is -7.98. The van der Waals surface area contributed by atoms with Crippen LogP contribution in [-0.2, 0) is 14.4 Å². The minimum Gasteiger partial charge on any atom is -0.350 e. The number of hydrogen-bond donors (Lipinski definition) is 6. The molecular formula is C97H124Cl4N12O6. The molecule has 18 nitrogen and oxygen atoms in total. The molecule has 6 aliphatic rings. The van der Waals surface area contributed by atoms with Gasteiger partial charge in [-0.3, -0.25) is 28.8 Å². The van der Waals surface area contributed by atoms with Crippen molar-refractivity contribution in [3.63, 3.8) is 0 Å². The number of halogens is 4. The van der Waals surface area contributed by atoms with Crippen LogP contribution in [0.5, 0.6) is 0 Å². The number of nitrogens with zero attached hydrogens (tertiary/aromatic N) is 6. The van der Waals surface area contributed by atoms with Gasteiger partial charge < -0.3 is 61.3 Å². The fourth-order valence-corrected chi connectivity index (χ4v) is 18.6. The number of carbonyl (C=O) groups excluding carboxylic acids is 6. The van der Waals surface area contributed by atoms with E-state index in [1.54, 1.807) is 18.2 Å². The first-order valence-corrected chi connectivity index (χ1v) is 45.6. The molecule has 6 saturated heterocycles. The molecule has 9 atom stereocenters. The van der Waals surface area contributed by atoms with Gasteiger partial charge in [-0.05, 0) is 241 Å². The highest BCUT2D eigenvalue weighted by Crippen LogP contribution is 2.30. The Bertz CT molecular complexity index is 4570. The van der Waals surface area contributed by atoms with Gasteiger partial charge in [-0.1, -0.05) is 202 Å². The van der Waals surface area contributed by atoms with Crippen LogP contribution in [0.3, 0.4) is 0 Å². The number of likely N-dealkylation sites (tertiary alicyclic amines) is 3. The summed E-state index contributed by atoms with van der Waals surface area (Å²) in [6, 6.07) is 58.4. The molecule has 119 heavy (non-hydrogen) atoms. The normalized spacial score (nSPS) is 21.3. The lowest BCUT2D eigenvalue weighted by molar-refractivity contribution is -0.134. The molecule has 6 fully saturated rings. The summed E-state index contributed by atoms with van der Waals surface area (Å²) in [4.78, 5) is 94.2. The monoisotopic (exact) mass is 1690 g/mol. The topological polar surface area (TPSA) is 194 Å². The van der Waals surface area contributed by atoms with Crippen molar-refractivity contribution in [2.24, 2.45) is 0 Å². The summed E-state index contributed by atoms with van der Waals surface area (Å²) in [5.41, 5.74) is 5.56. The molecule has 22 heteroatoms. The molecule has 0 aromatic heterocycles. The summed E-state index contributed by atoms with van der Waals surface area (Å²) < 4.78 is 0. The summed E-state index contributed by atoms with van der Waals surface area (Å²) in [6.07, 6.45) is 18.3. The lowest BCUT2D eigenvalue weighted by Gasteiger charge is -2.33. The summed E-state index contributed by atoms with van der Waals surface area (Å²) in [5, 5.41) is 26.4. The van der Waals surface area contributed by atoms with E-state index in [0.717, 1.165) is 125 Å². The lowest BCUT2D eigenvalue weighted by Crippen LogP contribution is -2.54. The summed E-state index contributed by atoms with van der Waals surface area (Å²) in [6.45, 7) is 21.1. The predicted octanol–water partition coefficient (Wildman–Crippen LogP) is 16.7. The molecule has 6 amide bonds. The third-order valence-electron chi connectivity index (χ3n) is 25.0. The van der Waals surface area contributed by atoms with E-state index in [1.807, 2.05) is 95.9 Å². The second kappa shape index (κ2) is 46.3. The third kappa shape index (κ3) is 26.8. The van der Waals surface area contributed by atoms with Crippen molar-refractivity contribution in [1.82, 2.24) is 61.3 Å². The van der Waals surface area contributed by atoms with Crippen LogP contribution in [0.4, 0.5) is 0 Å². The van der Waals surface area contributed by atoms with Gasteiger partial charge in [-0.15, -0.1) is 0 Å². The van der Waals surface area contributed by atoms with E-state index < -0.39 is 0 Å². The molecule has 0 radical (unpaired) electrons. The molecule has 8 aromatic carbocycles. The van der Waals surface area contributed by atoms with Crippen LogP contribution in [0, 0.1) is 0 Å². The SMILES string of the molecule is CC[C@H](CN1CC[C@@H](CNC(=O)c2ccc(Cl)c(Cl)c2)N[C@@H](CN2CCCCC2)C1=O)c1ccccc1.CC[C@H](CN1CC[C@@H](CNC(=O)c2ccc3cc(Cl)ccc3c2)N[C@@H](CCCN2CCCCC2)C1=O)c1ccccc1.CC[C@H](CN1CC[C@@H](CNC(=O)c2ccc3cc(Cl)ccc3c2)N[C@@H](CN2CCCCC2)C1=O)c1ccccc1. The summed E-state index contributed by atoms with van der Waals surface area (Å²) >= 11 is 24.3. The minimum absolute atomic E-state index is 0.00716. The number of rotatable bonds is 29. The predicted molar refractivity (Wildman–Crippen MR) is 486 cm³/mol. The Balaban J connectivity index is 0.000000164. The number of carbonyl (C=O) groups is 6. The first-order chi connectivity index (χ1) is 57.9. The van der Waals surface area contributed by atoms with Crippen LogP contribution < -0.4 is 31.9 Å². The minimum atomic E-state index is -0.291. The highest BCUT2D eigenvalue weighted by molar-refractivity contribution is 6.42. The van der Waals surface area contributed by atoms with E-state index in [4.69, 9.17) is 46.4 Å². The highest BCUT2D eigenvalue weighted by Gasteiger charge is 2.37. The average Bonchev–Trinajstić information content (AvgIpc) is 1.70. The number of hydrogen-bond acceptors (Lipinski definition) is 12. The van der Waals surface area contributed by atoms with Crippen molar-refractivity contribution in [1.29, 1.82) is 0 Å². The van der Waals surface area contributed by atoms with Gasteiger partial charge in [-0.2, -0.15) is 0 Å². The van der Waals surface area contributed by atoms with Crippen molar-refractivity contribution in [3.05, 3.63) is 235 Å². The van der Waals surface area contributed by atoms with Gasteiger partial charge in [0.05, 0.1) is 28.2 Å². The van der Waals surface area contributed by atoms with Crippen LogP contribution in [0.25, 0.3) is 21.5 Å². The summed E-state index contributed by atoms with van der Waals surface area (Å²) in [5.74, 6) is 1.06. The Kier molecular flexibility index (Phi) is 35.1. The average molecular weight is 1700 g/mol. The Morgan fingerprint density at radius 3 is 1.07 bits per heavy atom. The zero-order valence-electron chi connectivity index (χ0n) is 69.9. The van der Waals surface area contributed by atoms with E-state index >= 15 is 0 Å². The fraction of sp³-hybridized carbons (Fsp3) is 0.485. The smallest absolute Gasteiger partial charge is 0.251 e. The van der Waals surface area contributed by atoms with Gasteiger partial charge in [0, 0.05) is 135 Å². The molecule has 8 aromatic rings. The van der Waals surface area contributed by atoms with Crippen molar-refractivity contribution in [2.75, 3.05) is 118 Å². The number of piperidine rings is 3. The fourth-order valence-electron chi connectivity index (χ4n) is 17.9. The molecule has 0 bridgehead atoms. The number of benzene rings is 8. The standard InChI is InChI=1S/C35H45ClN4O2.C33H41ClN4O2.C29H38Cl2N4O2/c1-2-26(27-10-5-3-6-11-27)25-40-21-17-32(38-33(35(40)42)12-9-20-39-18-7-4-8-19-39)24-37-34(41)30-14-13-29-23-31(36)16-15-28(29)22-30;1-2-24(25-9-5-3-6-10-25)22-38-18-15-30(36-31(33(38)40)23-37-16-7-4-8-17-37)21-35-32(39)28-12-11-27-20-29(34)14-13-26(27)19-28;1-2-21(22-9-5-3-6-10-22)19-35-16-13-24(18-32-28(36)23-11-12-25(30)26(31)17-23)33-27(29(35)37)20-34-14-7-4-8-15-34/h3,5-6,10-11,13-16,22-23,26,32-33,38H,2,4,7-9,12,17-21,24-25H2,1H3,(H,37,41);3,5-6,9-14,19-20,24,30-31,36H,2,4,7-8,15-18,21-23H2,1H3,(H,35,39);3,5-6,9-12,17,21,24,27,33H,2,4,7-8,13-16,18-20H2,1H3,(H,32,36)/t26-,32+,33+;24-,30+,31+;21-,24+,27+/m111/s1. The van der Waals surface area contributed by atoms with E-state index in [-0.39, 0.29) is 71.7 Å². The molecule has 636 valence electrons. The van der Waals surface area contributed by atoms with Gasteiger partial charge >= 0.3 is 0 Å². The molecule has 0 aliphatic carbocycles. The van der Waals surface area contributed by atoms with Crippen LogP contribution in [0.15, 0.2) is 182 Å². The maximum Gasteiger partial charge on any atom is 0.251 e. The van der Waals surface area contributed by atoms with Crippen molar-refractivity contribution < 1.29 is 28.8 Å². The van der Waals surface area contributed by atoms with Gasteiger partial charge in [0.15, 0.2) is 0 Å². The van der Waals surface area contributed by atoms with Crippen LogP contribution in [0.2, 0.25) is 20.1 Å². The van der Waals surface area contributed by atoms with E-state index in [0.29, 0.717) is 107 Å². The maximum absolute atomic E-state index is 13.9. The first-order valence-electron chi connectivity index (χ1n) is 44.1. The van der Waals surface area contributed by atoms with Crippen molar-refractivity contribution in [3.8, 4) is 0 Å². The number of amides is 6. The van der Waals surface area contributed by atoms with Gasteiger partial charge in [0.2, 0.25) is 17.7 Å². The highest BCUT2D eigenvalue weighted by atomic mass is 35.5. The molecule has 0 spiro atoms. The van der Waals surface area contributed by atoms with E-state index in [2.05, 4.69) is 150 Å². The zero-order valence-corrected chi connectivity index (χ0v) is 72.9. The van der Waals surface area contributed by atoms with E-state index in [1.165, 1.54) is 87.6 Å². The Labute approximate surface area is 725 Å². The largest absolute Gasteiger partial charge is 0.350 e. The summed E-state index contributed by atoms with van der Waals surface area (Å²) in [7, 11) is 0. The molecule has 0 unspecified atom stereocenters. The van der Waals surface area contributed by atoms with Crippen molar-refractivity contribution in [2.45, 2.75) is 184 Å². The molecule has 6 N–H and O–H groups in total. The van der Waals surface area contributed by atoms with Gasteiger partial charge in [0.1, 0.15) is 0 Å². The lowest BCUT2D eigenvalue weighted by atomic mass is 9.95. The van der Waals surface area contributed by atoms with Gasteiger partial charge in [0.25, 0.3) is 17.7 Å². The van der Waals surface area contributed by atoms with Crippen LogP contribution in [0.1, 0.15) is 195 Å². The first kappa shape index (κ1) is 90.3. The Morgan fingerprint density at radius 2 is 0.697 bits per heavy atom. The zero-order chi connectivity index (χ0) is 83.4. The number of nitrogens with one attached hydrogen (secondary N) is 6. The molecule has 6 heterocycles. The number of fused-ring (bicyclic) bond motifs is 2. The van der Waals surface area contributed by atoms with Crippen LogP contribution >= 0.6 is 46.4 Å². The second-order valence-corrected chi connectivity index (χ2v) is 35.1. The molecule has 14 rings (SSSR count). The molecular weight excluding hydrogens is 1570 g/mol. The van der Waals surface area contributed by atoms with Gasteiger partial charge in [-0.25, -0.2) is 0 Å². The molecule has 0 saturated carbocycles. The van der Waals surface area contributed by atoms with Crippen LogP contribution in [-0.4, -0.2) is 219 Å².